The Balaban J connectivity index is 1.46. The third-order valence-corrected chi connectivity index (χ3v) is 5.23. The van der Waals surface area contributed by atoms with Crippen LogP contribution in [0.2, 0.25) is 0 Å². The minimum absolute atomic E-state index is 0.0482. The number of carbonyl (C=O) groups is 2. The lowest BCUT2D eigenvalue weighted by molar-refractivity contribution is 0.0931. The van der Waals surface area contributed by atoms with Crippen LogP contribution in [0.3, 0.4) is 0 Å². The predicted octanol–water partition coefficient (Wildman–Crippen LogP) is 3.93. The number of amides is 2. The number of hydrogen-bond donors (Lipinski definition) is 2. The van der Waals surface area contributed by atoms with Gasteiger partial charge in [-0.05, 0) is 55.4 Å². The van der Waals surface area contributed by atoms with E-state index in [-0.39, 0.29) is 23.0 Å². The van der Waals surface area contributed by atoms with Crippen molar-refractivity contribution in [3.05, 3.63) is 71.3 Å². The van der Waals surface area contributed by atoms with E-state index < -0.39 is 23.4 Å². The van der Waals surface area contributed by atoms with E-state index in [2.05, 4.69) is 10.6 Å². The zero-order chi connectivity index (χ0) is 19.9. The molecule has 1 aliphatic rings. The van der Waals surface area contributed by atoms with Gasteiger partial charge in [-0.3, -0.25) is 9.59 Å². The van der Waals surface area contributed by atoms with Crippen molar-refractivity contribution in [3.8, 4) is 0 Å². The molecule has 148 valence electrons. The molecule has 0 aromatic heterocycles. The molecule has 0 unspecified atom stereocenters. The van der Waals surface area contributed by atoms with Crippen LogP contribution >= 0.6 is 0 Å². The van der Waals surface area contributed by atoms with E-state index in [0.29, 0.717) is 13.1 Å². The third kappa shape index (κ3) is 5.15. The molecule has 0 bridgehead atoms. The summed E-state index contributed by atoms with van der Waals surface area (Å²) < 4.78 is 27.4. The first-order valence-corrected chi connectivity index (χ1v) is 9.60. The molecule has 1 saturated carbocycles. The van der Waals surface area contributed by atoms with Gasteiger partial charge in [0.25, 0.3) is 11.8 Å². The van der Waals surface area contributed by atoms with Gasteiger partial charge in [-0.15, -0.1) is 0 Å². The van der Waals surface area contributed by atoms with Crippen molar-refractivity contribution >= 4 is 11.8 Å². The summed E-state index contributed by atoms with van der Waals surface area (Å²) in [5.74, 6) is -1.32. The lowest BCUT2D eigenvalue weighted by atomic mass is 9.81. The maximum absolute atomic E-state index is 13.7. The predicted molar refractivity (Wildman–Crippen MR) is 103 cm³/mol. The topological polar surface area (TPSA) is 58.2 Å². The second-order valence-corrected chi connectivity index (χ2v) is 7.28. The Morgan fingerprint density at radius 2 is 1.21 bits per heavy atom. The maximum atomic E-state index is 13.7. The molecular formula is C22H24F2N2O2. The average molecular weight is 386 g/mol. The molecule has 0 saturated heterocycles. The van der Waals surface area contributed by atoms with Gasteiger partial charge in [-0.25, -0.2) is 8.78 Å². The Kier molecular flexibility index (Phi) is 6.74. The molecule has 28 heavy (non-hydrogen) atoms. The fourth-order valence-corrected chi connectivity index (χ4v) is 3.73. The molecule has 2 amide bonds. The monoisotopic (exact) mass is 386 g/mol. The van der Waals surface area contributed by atoms with Crippen LogP contribution in [0.25, 0.3) is 0 Å². The summed E-state index contributed by atoms with van der Waals surface area (Å²) in [5.41, 5.74) is 0.0963. The van der Waals surface area contributed by atoms with E-state index in [0.717, 1.165) is 25.7 Å². The molecule has 0 heterocycles. The van der Waals surface area contributed by atoms with E-state index in [1.165, 1.54) is 24.3 Å². The molecule has 1 aliphatic carbocycles. The smallest absolute Gasteiger partial charge is 0.254 e. The van der Waals surface area contributed by atoms with E-state index in [9.17, 15) is 18.4 Å². The maximum Gasteiger partial charge on any atom is 0.254 e. The number of rotatable bonds is 6. The third-order valence-electron chi connectivity index (χ3n) is 5.23. The van der Waals surface area contributed by atoms with E-state index in [1.54, 1.807) is 24.3 Å². The quantitative estimate of drug-likeness (QED) is 0.790. The highest BCUT2D eigenvalue weighted by atomic mass is 19.1. The van der Waals surface area contributed by atoms with Crippen LogP contribution in [0.1, 0.15) is 46.4 Å². The van der Waals surface area contributed by atoms with Crippen LogP contribution in [0.5, 0.6) is 0 Å². The number of carbonyl (C=O) groups excluding carboxylic acids is 2. The Labute approximate surface area is 163 Å². The van der Waals surface area contributed by atoms with Crippen molar-refractivity contribution in [2.45, 2.75) is 25.7 Å². The van der Waals surface area contributed by atoms with Gasteiger partial charge in [0.1, 0.15) is 11.6 Å². The Morgan fingerprint density at radius 1 is 0.786 bits per heavy atom. The van der Waals surface area contributed by atoms with Crippen LogP contribution in [-0.2, 0) is 0 Å². The molecule has 0 spiro atoms. The number of halogens is 2. The molecule has 3 rings (SSSR count). The summed E-state index contributed by atoms with van der Waals surface area (Å²) in [5, 5.41) is 5.62. The van der Waals surface area contributed by atoms with E-state index in [1.807, 2.05) is 0 Å². The van der Waals surface area contributed by atoms with Crippen molar-refractivity contribution in [2.24, 2.45) is 11.8 Å². The molecule has 6 heteroatoms. The first kappa shape index (κ1) is 20.0. The SMILES string of the molecule is O=C(NC[C@H]1CCC[C@H](CNC(=O)c2ccccc2F)C1)c1ccccc1F. The molecule has 2 aromatic rings. The lowest BCUT2D eigenvalue weighted by Crippen LogP contribution is -2.36. The second kappa shape index (κ2) is 9.44. The van der Waals surface area contributed by atoms with E-state index >= 15 is 0 Å². The standard InChI is InChI=1S/C22H24F2N2O2/c23-19-10-3-1-8-17(19)21(27)25-13-15-6-5-7-16(12-15)14-26-22(28)18-9-2-4-11-20(18)24/h1-4,8-11,15-16H,5-7,12-14H2,(H,25,27)(H,26,28)/t15-,16-/m0/s1. The molecule has 1 fully saturated rings. The molecule has 0 radical (unpaired) electrons. The van der Waals surface area contributed by atoms with Crippen molar-refractivity contribution in [2.75, 3.05) is 13.1 Å². The van der Waals surface area contributed by atoms with Crippen LogP contribution in [0, 0.1) is 23.5 Å². The zero-order valence-corrected chi connectivity index (χ0v) is 15.6. The summed E-state index contributed by atoms with van der Waals surface area (Å²) in [4.78, 5) is 24.3. The fraction of sp³-hybridized carbons (Fsp3) is 0.364. The van der Waals surface area contributed by atoms with Gasteiger partial charge in [0, 0.05) is 13.1 Å². The Bertz CT molecular complexity index is 773. The minimum atomic E-state index is -0.530. The van der Waals surface area contributed by atoms with Crippen LogP contribution < -0.4 is 10.6 Å². The molecule has 0 aliphatic heterocycles. The summed E-state index contributed by atoms with van der Waals surface area (Å²) >= 11 is 0. The van der Waals surface area contributed by atoms with Gasteiger partial charge in [-0.1, -0.05) is 30.7 Å². The molecule has 2 aromatic carbocycles. The summed E-state index contributed by atoms with van der Waals surface area (Å²) in [6.07, 6.45) is 3.82. The van der Waals surface area contributed by atoms with Crippen molar-refractivity contribution in [1.29, 1.82) is 0 Å². The van der Waals surface area contributed by atoms with Crippen molar-refractivity contribution < 1.29 is 18.4 Å². The number of benzene rings is 2. The van der Waals surface area contributed by atoms with Crippen molar-refractivity contribution in [3.63, 3.8) is 0 Å². The molecular weight excluding hydrogens is 362 g/mol. The average Bonchev–Trinajstić information content (AvgIpc) is 2.71. The highest BCUT2D eigenvalue weighted by Crippen LogP contribution is 2.28. The highest BCUT2D eigenvalue weighted by molar-refractivity contribution is 5.94. The van der Waals surface area contributed by atoms with Gasteiger partial charge in [0.15, 0.2) is 0 Å². The lowest BCUT2D eigenvalue weighted by Gasteiger charge is -2.29. The minimum Gasteiger partial charge on any atom is -0.352 e. The van der Waals surface area contributed by atoms with Crippen LogP contribution in [0.4, 0.5) is 8.78 Å². The van der Waals surface area contributed by atoms with Crippen LogP contribution in [-0.4, -0.2) is 24.9 Å². The highest BCUT2D eigenvalue weighted by Gasteiger charge is 2.24. The fourth-order valence-electron chi connectivity index (χ4n) is 3.73. The van der Waals surface area contributed by atoms with Gasteiger partial charge in [0.2, 0.25) is 0 Å². The van der Waals surface area contributed by atoms with Crippen LogP contribution in [0.15, 0.2) is 48.5 Å². The van der Waals surface area contributed by atoms with Gasteiger partial charge in [0.05, 0.1) is 11.1 Å². The largest absolute Gasteiger partial charge is 0.352 e. The Morgan fingerprint density at radius 3 is 1.64 bits per heavy atom. The first-order chi connectivity index (χ1) is 13.5. The van der Waals surface area contributed by atoms with Gasteiger partial charge in [-0.2, -0.15) is 0 Å². The van der Waals surface area contributed by atoms with Gasteiger partial charge < -0.3 is 10.6 Å². The second-order valence-electron chi connectivity index (χ2n) is 7.28. The normalized spacial score (nSPS) is 19.1. The molecule has 2 atom stereocenters. The summed E-state index contributed by atoms with van der Waals surface area (Å²) in [6, 6.07) is 11.8. The van der Waals surface area contributed by atoms with Gasteiger partial charge >= 0.3 is 0 Å². The number of hydrogen-bond acceptors (Lipinski definition) is 2. The first-order valence-electron chi connectivity index (χ1n) is 9.60. The zero-order valence-electron chi connectivity index (χ0n) is 15.6. The summed E-state index contributed by atoms with van der Waals surface area (Å²) in [7, 11) is 0. The van der Waals surface area contributed by atoms with Crippen molar-refractivity contribution in [1.82, 2.24) is 10.6 Å². The molecule has 2 N–H and O–H groups in total. The molecule has 4 nitrogen and oxygen atoms in total. The van der Waals surface area contributed by atoms with E-state index in [4.69, 9.17) is 0 Å². The Hall–Kier alpha value is -2.76. The number of nitrogens with one attached hydrogen (secondary N) is 2. The summed E-state index contributed by atoms with van der Waals surface area (Å²) in [6.45, 7) is 0.954.